The van der Waals surface area contributed by atoms with Crippen LogP contribution in [0.15, 0.2) is 40.8 Å². The normalized spacial score (nSPS) is 10.6. The molecule has 1 N–H and O–H groups in total. The van der Waals surface area contributed by atoms with Gasteiger partial charge in [0.05, 0.1) is 19.9 Å². The lowest BCUT2D eigenvalue weighted by atomic mass is 10.2. The lowest BCUT2D eigenvalue weighted by molar-refractivity contribution is -0.111. The number of benzene rings is 1. The summed E-state index contributed by atoms with van der Waals surface area (Å²) >= 11 is 0. The number of rotatable bonds is 5. The molecule has 2 rings (SSSR count). The van der Waals surface area contributed by atoms with Gasteiger partial charge in [0, 0.05) is 12.1 Å². The van der Waals surface area contributed by atoms with Crippen LogP contribution in [-0.2, 0) is 4.79 Å². The third-order valence-corrected chi connectivity index (χ3v) is 2.83. The van der Waals surface area contributed by atoms with E-state index in [0.717, 1.165) is 5.76 Å². The van der Waals surface area contributed by atoms with Crippen molar-refractivity contribution in [1.82, 2.24) is 0 Å². The van der Waals surface area contributed by atoms with E-state index in [1.807, 2.05) is 13.0 Å². The predicted octanol–water partition coefficient (Wildman–Crippen LogP) is 3.26. The highest BCUT2D eigenvalue weighted by atomic mass is 16.5. The van der Waals surface area contributed by atoms with Crippen LogP contribution in [0, 0.1) is 6.92 Å². The minimum absolute atomic E-state index is 0.271. The molecule has 0 fully saturated rings. The smallest absolute Gasteiger partial charge is 0.248 e. The minimum Gasteiger partial charge on any atom is -0.497 e. The van der Waals surface area contributed by atoms with E-state index in [1.54, 1.807) is 37.5 Å². The molecule has 0 bridgehead atoms. The third-order valence-electron chi connectivity index (χ3n) is 2.83. The Balaban J connectivity index is 2.07. The third kappa shape index (κ3) is 3.89. The molecular weight excluding hydrogens is 270 g/mol. The molecule has 0 aliphatic rings. The van der Waals surface area contributed by atoms with Crippen LogP contribution < -0.4 is 14.8 Å². The summed E-state index contributed by atoms with van der Waals surface area (Å²) in [5.41, 5.74) is 0.573. The largest absolute Gasteiger partial charge is 0.497 e. The van der Waals surface area contributed by atoms with Crippen molar-refractivity contribution in [1.29, 1.82) is 0 Å². The number of nitrogens with one attached hydrogen (secondary N) is 1. The Labute approximate surface area is 123 Å². The average Bonchev–Trinajstić information content (AvgIpc) is 2.91. The highest BCUT2D eigenvalue weighted by Crippen LogP contribution is 2.28. The average molecular weight is 287 g/mol. The first kappa shape index (κ1) is 14.7. The van der Waals surface area contributed by atoms with E-state index in [9.17, 15) is 4.79 Å². The van der Waals surface area contributed by atoms with Crippen molar-refractivity contribution in [2.45, 2.75) is 6.92 Å². The molecule has 1 aromatic heterocycles. The number of ether oxygens (including phenoxy) is 2. The van der Waals surface area contributed by atoms with Gasteiger partial charge in [0.15, 0.2) is 0 Å². The second kappa shape index (κ2) is 6.65. The number of carbonyl (C=O) groups is 1. The number of methoxy groups -OCH3 is 2. The summed E-state index contributed by atoms with van der Waals surface area (Å²) in [5, 5.41) is 2.74. The number of anilines is 1. The maximum absolute atomic E-state index is 11.9. The van der Waals surface area contributed by atoms with Crippen LogP contribution in [0.25, 0.3) is 6.08 Å². The van der Waals surface area contributed by atoms with Gasteiger partial charge < -0.3 is 19.2 Å². The summed E-state index contributed by atoms with van der Waals surface area (Å²) < 4.78 is 15.7. The molecular formula is C16H17NO4. The van der Waals surface area contributed by atoms with E-state index in [1.165, 1.54) is 13.2 Å². The Morgan fingerprint density at radius 2 is 2.00 bits per heavy atom. The van der Waals surface area contributed by atoms with Crippen LogP contribution in [0.4, 0.5) is 5.69 Å². The Morgan fingerprint density at radius 3 is 2.62 bits per heavy atom. The lowest BCUT2D eigenvalue weighted by Gasteiger charge is -2.10. The van der Waals surface area contributed by atoms with Gasteiger partial charge in [-0.2, -0.15) is 0 Å². The van der Waals surface area contributed by atoms with E-state index < -0.39 is 0 Å². The Kier molecular flexibility index (Phi) is 4.66. The molecule has 2 aromatic rings. The molecule has 0 saturated carbocycles. The van der Waals surface area contributed by atoms with Gasteiger partial charge in [-0.15, -0.1) is 0 Å². The number of aryl methyl sites for hydroxylation is 1. The fourth-order valence-corrected chi connectivity index (χ4v) is 1.78. The summed E-state index contributed by atoms with van der Waals surface area (Å²) in [5.74, 6) is 2.35. The van der Waals surface area contributed by atoms with Crippen molar-refractivity contribution >= 4 is 17.7 Å². The van der Waals surface area contributed by atoms with Crippen LogP contribution in [0.2, 0.25) is 0 Å². The second-order valence-corrected chi connectivity index (χ2v) is 4.34. The van der Waals surface area contributed by atoms with E-state index in [2.05, 4.69) is 5.32 Å². The molecule has 0 aliphatic heterocycles. The molecule has 0 saturated heterocycles. The number of hydrogen-bond donors (Lipinski definition) is 1. The fourth-order valence-electron chi connectivity index (χ4n) is 1.78. The molecule has 1 aromatic carbocycles. The van der Waals surface area contributed by atoms with Crippen LogP contribution in [0.5, 0.6) is 11.5 Å². The maximum atomic E-state index is 11.9. The van der Waals surface area contributed by atoms with Gasteiger partial charge in [0.1, 0.15) is 23.0 Å². The monoisotopic (exact) mass is 287 g/mol. The molecule has 110 valence electrons. The number of furan rings is 1. The van der Waals surface area contributed by atoms with Crippen LogP contribution in [-0.4, -0.2) is 20.1 Å². The van der Waals surface area contributed by atoms with Crippen molar-refractivity contribution in [3.63, 3.8) is 0 Å². The van der Waals surface area contributed by atoms with E-state index in [0.29, 0.717) is 22.9 Å². The lowest BCUT2D eigenvalue weighted by Crippen LogP contribution is -2.08. The first-order valence-corrected chi connectivity index (χ1v) is 6.40. The van der Waals surface area contributed by atoms with Crippen LogP contribution in [0.3, 0.4) is 0 Å². The number of amides is 1. The first-order valence-electron chi connectivity index (χ1n) is 6.40. The van der Waals surface area contributed by atoms with Gasteiger partial charge in [-0.3, -0.25) is 4.79 Å². The van der Waals surface area contributed by atoms with Crippen molar-refractivity contribution < 1.29 is 18.7 Å². The summed E-state index contributed by atoms with van der Waals surface area (Å²) in [6.07, 6.45) is 3.01. The standard InChI is InChI=1S/C16H17NO4/c1-11-4-5-12(21-11)7-9-16(18)17-14-8-6-13(19-2)10-15(14)20-3/h4-10H,1-3H3,(H,17,18)/b9-7-. The molecule has 21 heavy (non-hydrogen) atoms. The number of hydrogen-bond acceptors (Lipinski definition) is 4. The maximum Gasteiger partial charge on any atom is 0.248 e. The Morgan fingerprint density at radius 1 is 1.19 bits per heavy atom. The van der Waals surface area contributed by atoms with Gasteiger partial charge in [0.2, 0.25) is 5.91 Å². The summed E-state index contributed by atoms with van der Waals surface area (Å²) in [7, 11) is 3.10. The van der Waals surface area contributed by atoms with E-state index in [-0.39, 0.29) is 5.91 Å². The first-order chi connectivity index (χ1) is 10.1. The predicted molar refractivity (Wildman–Crippen MR) is 80.7 cm³/mol. The molecule has 1 amide bonds. The van der Waals surface area contributed by atoms with Crippen molar-refractivity contribution in [2.24, 2.45) is 0 Å². The summed E-state index contributed by atoms with van der Waals surface area (Å²) in [6, 6.07) is 8.81. The Bertz CT molecular complexity index is 658. The zero-order chi connectivity index (χ0) is 15.2. The van der Waals surface area contributed by atoms with Gasteiger partial charge in [-0.05, 0) is 37.3 Å². The molecule has 0 unspecified atom stereocenters. The van der Waals surface area contributed by atoms with E-state index >= 15 is 0 Å². The topological polar surface area (TPSA) is 60.7 Å². The molecule has 0 radical (unpaired) electrons. The summed E-state index contributed by atoms with van der Waals surface area (Å²) in [6.45, 7) is 1.85. The molecule has 0 spiro atoms. The van der Waals surface area contributed by atoms with Crippen LogP contribution >= 0.6 is 0 Å². The van der Waals surface area contributed by atoms with Crippen LogP contribution in [0.1, 0.15) is 11.5 Å². The molecule has 5 nitrogen and oxygen atoms in total. The van der Waals surface area contributed by atoms with Crippen molar-refractivity contribution in [2.75, 3.05) is 19.5 Å². The summed E-state index contributed by atoms with van der Waals surface area (Å²) in [4.78, 5) is 11.9. The zero-order valence-electron chi connectivity index (χ0n) is 12.2. The quantitative estimate of drug-likeness (QED) is 0.857. The minimum atomic E-state index is -0.271. The van der Waals surface area contributed by atoms with Gasteiger partial charge in [-0.1, -0.05) is 0 Å². The zero-order valence-corrected chi connectivity index (χ0v) is 12.2. The SMILES string of the molecule is COc1ccc(NC(=O)/C=C\c2ccc(C)o2)c(OC)c1. The van der Waals surface area contributed by atoms with Gasteiger partial charge in [0.25, 0.3) is 0 Å². The van der Waals surface area contributed by atoms with E-state index in [4.69, 9.17) is 13.9 Å². The highest BCUT2D eigenvalue weighted by molar-refractivity contribution is 6.02. The molecule has 1 heterocycles. The number of carbonyl (C=O) groups excluding carboxylic acids is 1. The second-order valence-electron chi connectivity index (χ2n) is 4.34. The molecule has 5 heteroatoms. The molecule has 0 aliphatic carbocycles. The van der Waals surface area contributed by atoms with Gasteiger partial charge in [-0.25, -0.2) is 0 Å². The fraction of sp³-hybridized carbons (Fsp3) is 0.188. The van der Waals surface area contributed by atoms with Crippen molar-refractivity contribution in [3.8, 4) is 11.5 Å². The van der Waals surface area contributed by atoms with Gasteiger partial charge >= 0.3 is 0 Å². The highest BCUT2D eigenvalue weighted by Gasteiger charge is 2.07. The van der Waals surface area contributed by atoms with Crippen molar-refractivity contribution in [3.05, 3.63) is 47.9 Å². The Hall–Kier alpha value is -2.69. The molecule has 0 atom stereocenters.